The minimum absolute atomic E-state index is 0.427. The van der Waals surface area contributed by atoms with Crippen LogP contribution >= 0.6 is 0 Å². The summed E-state index contributed by atoms with van der Waals surface area (Å²) >= 11 is 0. The smallest absolute Gasteiger partial charge is 0.233 e. The van der Waals surface area contributed by atoms with Crippen LogP contribution in [0.2, 0.25) is 0 Å². The van der Waals surface area contributed by atoms with Crippen LogP contribution in [0.25, 0.3) is 0 Å². The molecule has 19 heavy (non-hydrogen) atoms. The first kappa shape index (κ1) is 14.2. The lowest BCUT2D eigenvalue weighted by atomic mass is 10.0. The van der Waals surface area contributed by atoms with Crippen molar-refractivity contribution in [2.45, 2.75) is 0 Å². The molecule has 0 spiro atoms. The highest BCUT2D eigenvalue weighted by Gasteiger charge is 2.16. The summed E-state index contributed by atoms with van der Waals surface area (Å²) in [6, 6.07) is 17.2. The lowest BCUT2D eigenvalue weighted by Gasteiger charge is -1.99. The number of benzene rings is 2. The monoisotopic (exact) mass is 253 g/mol. The molecule has 1 N–H and O–H groups in total. The van der Waals surface area contributed by atoms with Gasteiger partial charge in [0.2, 0.25) is 17.6 Å². The SMILES string of the molecule is N=C=O.O=C(C(=O)c1ccccc1)c1ccccc1. The highest BCUT2D eigenvalue weighted by atomic mass is 16.2. The Kier molecular flexibility index (Phi) is 5.60. The van der Waals surface area contributed by atoms with Crippen molar-refractivity contribution in [2.24, 2.45) is 0 Å². The van der Waals surface area contributed by atoms with Gasteiger partial charge >= 0.3 is 0 Å². The van der Waals surface area contributed by atoms with Crippen molar-refractivity contribution in [1.82, 2.24) is 0 Å². The molecule has 0 aliphatic rings. The molecule has 2 aromatic rings. The van der Waals surface area contributed by atoms with Crippen LogP contribution in [0.3, 0.4) is 0 Å². The van der Waals surface area contributed by atoms with Crippen LogP contribution < -0.4 is 0 Å². The zero-order chi connectivity index (χ0) is 14.1. The third-order valence-electron chi connectivity index (χ3n) is 2.28. The number of nitrogens with one attached hydrogen (secondary N) is 1. The molecule has 0 saturated heterocycles. The molecule has 0 aliphatic heterocycles. The number of rotatable bonds is 3. The molecule has 0 unspecified atom stereocenters. The van der Waals surface area contributed by atoms with Crippen molar-refractivity contribution in [3.05, 3.63) is 71.8 Å². The van der Waals surface area contributed by atoms with Gasteiger partial charge in [-0.3, -0.25) is 9.59 Å². The number of Topliss-reactive ketones (excluding diaryl/α,β-unsaturated/α-hetero) is 2. The average Bonchev–Trinajstić information content (AvgIpc) is 2.48. The maximum absolute atomic E-state index is 11.8. The van der Waals surface area contributed by atoms with Crippen molar-refractivity contribution in [1.29, 1.82) is 5.41 Å². The molecule has 0 aliphatic carbocycles. The summed E-state index contributed by atoms with van der Waals surface area (Å²) in [5.41, 5.74) is 0.854. The first-order valence-corrected chi connectivity index (χ1v) is 5.43. The van der Waals surface area contributed by atoms with Crippen LogP contribution in [-0.2, 0) is 4.79 Å². The maximum Gasteiger partial charge on any atom is 0.233 e. The summed E-state index contributed by atoms with van der Waals surface area (Å²) in [6.07, 6.45) is 0.750. The van der Waals surface area contributed by atoms with Crippen LogP contribution in [0.15, 0.2) is 60.7 Å². The Balaban J connectivity index is 0.000000550. The van der Waals surface area contributed by atoms with Gasteiger partial charge in [0.05, 0.1) is 0 Å². The number of hydrogen-bond donors (Lipinski definition) is 1. The van der Waals surface area contributed by atoms with Gasteiger partial charge in [-0.1, -0.05) is 60.7 Å². The molecule has 0 atom stereocenters. The van der Waals surface area contributed by atoms with E-state index in [2.05, 4.69) is 0 Å². The molecule has 0 heterocycles. The normalized spacial score (nSPS) is 8.63. The van der Waals surface area contributed by atoms with Crippen molar-refractivity contribution < 1.29 is 14.4 Å². The number of carbonyl (C=O) groups excluding carboxylic acids is 3. The molecule has 2 aromatic carbocycles. The van der Waals surface area contributed by atoms with E-state index in [1.165, 1.54) is 0 Å². The third-order valence-corrected chi connectivity index (χ3v) is 2.28. The van der Waals surface area contributed by atoms with Crippen LogP contribution in [0.5, 0.6) is 0 Å². The Morgan fingerprint density at radius 3 is 1.26 bits per heavy atom. The molecule has 4 nitrogen and oxygen atoms in total. The van der Waals surface area contributed by atoms with Gasteiger partial charge in [0, 0.05) is 11.1 Å². The second-order valence-corrected chi connectivity index (χ2v) is 3.49. The fraction of sp³-hybridized carbons (Fsp3) is 0. The van der Waals surface area contributed by atoms with Gasteiger partial charge in [-0.25, -0.2) is 10.2 Å². The summed E-state index contributed by atoms with van der Waals surface area (Å²) in [5, 5.41) is 5.40. The molecule has 0 radical (unpaired) electrons. The molecule has 94 valence electrons. The fourth-order valence-corrected chi connectivity index (χ4v) is 1.44. The Hall–Kier alpha value is -2.84. The van der Waals surface area contributed by atoms with E-state index in [1.54, 1.807) is 48.5 Å². The molecule has 4 heteroatoms. The van der Waals surface area contributed by atoms with E-state index in [4.69, 9.17) is 10.2 Å². The first-order valence-electron chi connectivity index (χ1n) is 5.43. The van der Waals surface area contributed by atoms with Gasteiger partial charge in [-0.2, -0.15) is 0 Å². The molecule has 0 bridgehead atoms. The Morgan fingerprint density at radius 2 is 1.00 bits per heavy atom. The van der Waals surface area contributed by atoms with Gasteiger partial charge < -0.3 is 0 Å². The highest BCUT2D eigenvalue weighted by molar-refractivity contribution is 6.49. The summed E-state index contributed by atoms with van der Waals surface area (Å²) < 4.78 is 0. The van der Waals surface area contributed by atoms with Crippen LogP contribution in [0, 0.1) is 5.41 Å². The van der Waals surface area contributed by atoms with Crippen molar-refractivity contribution in [3.63, 3.8) is 0 Å². The van der Waals surface area contributed by atoms with Crippen LogP contribution in [-0.4, -0.2) is 17.6 Å². The first-order chi connectivity index (χ1) is 9.20. The lowest BCUT2D eigenvalue weighted by Crippen LogP contribution is -2.14. The van der Waals surface area contributed by atoms with Crippen molar-refractivity contribution >= 4 is 17.6 Å². The van der Waals surface area contributed by atoms with E-state index in [0.29, 0.717) is 11.1 Å². The quantitative estimate of drug-likeness (QED) is 0.395. The predicted octanol–water partition coefficient (Wildman–Crippen LogP) is 2.65. The van der Waals surface area contributed by atoms with Crippen LogP contribution in [0.4, 0.5) is 0 Å². The summed E-state index contributed by atoms with van der Waals surface area (Å²) in [7, 11) is 0. The minimum Gasteiger partial charge on any atom is -0.285 e. The largest absolute Gasteiger partial charge is 0.285 e. The number of ketones is 2. The average molecular weight is 253 g/mol. The fourth-order valence-electron chi connectivity index (χ4n) is 1.44. The molecule has 2 rings (SSSR count). The number of carbonyl (C=O) groups is 2. The van der Waals surface area contributed by atoms with Gasteiger partial charge in [0.15, 0.2) is 0 Å². The second-order valence-electron chi connectivity index (χ2n) is 3.49. The van der Waals surface area contributed by atoms with E-state index in [-0.39, 0.29) is 0 Å². The molecule has 0 fully saturated rings. The molecule has 0 aromatic heterocycles. The Labute approximate surface area is 110 Å². The van der Waals surface area contributed by atoms with Crippen molar-refractivity contribution in [3.8, 4) is 0 Å². The second kappa shape index (κ2) is 7.48. The van der Waals surface area contributed by atoms with Gasteiger partial charge in [-0.05, 0) is 0 Å². The summed E-state index contributed by atoms with van der Waals surface area (Å²) in [4.78, 5) is 31.9. The zero-order valence-electron chi connectivity index (χ0n) is 10.00. The van der Waals surface area contributed by atoms with E-state index >= 15 is 0 Å². The number of isocyanates is 1. The van der Waals surface area contributed by atoms with Crippen LogP contribution in [0.1, 0.15) is 20.7 Å². The van der Waals surface area contributed by atoms with Gasteiger partial charge in [-0.15, -0.1) is 0 Å². The summed E-state index contributed by atoms with van der Waals surface area (Å²) in [6.45, 7) is 0. The molecular formula is C15H11NO3. The lowest BCUT2D eigenvalue weighted by molar-refractivity contribution is 0.0817. The van der Waals surface area contributed by atoms with E-state index in [9.17, 15) is 9.59 Å². The topological polar surface area (TPSA) is 75.1 Å². The zero-order valence-corrected chi connectivity index (χ0v) is 10.00. The van der Waals surface area contributed by atoms with Gasteiger partial charge in [0.25, 0.3) is 0 Å². The standard InChI is InChI=1S/C14H10O2.CHNO/c15-13(11-7-3-1-4-8-11)14(16)12-9-5-2-6-10-12;2-1-3/h1-10H;2H. The van der Waals surface area contributed by atoms with E-state index < -0.39 is 11.6 Å². The number of hydrogen-bond acceptors (Lipinski definition) is 4. The Morgan fingerprint density at radius 1 is 0.737 bits per heavy atom. The summed E-state index contributed by atoms with van der Waals surface area (Å²) in [5.74, 6) is -0.932. The van der Waals surface area contributed by atoms with Gasteiger partial charge in [0.1, 0.15) is 0 Å². The third kappa shape index (κ3) is 4.15. The van der Waals surface area contributed by atoms with Crippen molar-refractivity contribution in [2.75, 3.05) is 0 Å². The predicted molar refractivity (Wildman–Crippen MR) is 70.0 cm³/mol. The molecule has 0 amide bonds. The maximum atomic E-state index is 11.8. The molecule has 0 saturated carbocycles. The minimum atomic E-state index is -0.466. The Bertz CT molecular complexity index is 536. The van der Waals surface area contributed by atoms with E-state index in [1.807, 2.05) is 12.1 Å². The van der Waals surface area contributed by atoms with E-state index in [0.717, 1.165) is 6.08 Å². The molecular weight excluding hydrogens is 242 g/mol. The highest BCUT2D eigenvalue weighted by Crippen LogP contribution is 2.07.